The second kappa shape index (κ2) is 5.91. The van der Waals surface area contributed by atoms with Crippen molar-refractivity contribution in [1.29, 1.82) is 0 Å². The predicted molar refractivity (Wildman–Crippen MR) is 61.1 cm³/mol. The van der Waals surface area contributed by atoms with Crippen LogP contribution in [0, 0.1) is 5.92 Å². The van der Waals surface area contributed by atoms with Crippen molar-refractivity contribution in [2.45, 2.75) is 45.3 Å². The molecular formula is C12H20O5. The topological polar surface area (TPSA) is 54.0 Å². The van der Waals surface area contributed by atoms with Crippen molar-refractivity contribution in [2.75, 3.05) is 6.61 Å². The molecule has 1 saturated carbocycles. The van der Waals surface area contributed by atoms with Gasteiger partial charge >= 0.3 is 6.16 Å². The number of rotatable bonds is 5. The third-order valence-corrected chi connectivity index (χ3v) is 2.85. The minimum absolute atomic E-state index is 0.201. The smallest absolute Gasteiger partial charge is 0.435 e. The zero-order valence-corrected chi connectivity index (χ0v) is 10.6. The Hall–Kier alpha value is -1.23. The number of hydrogen-bond acceptors (Lipinski definition) is 5. The monoisotopic (exact) mass is 244 g/mol. The summed E-state index contributed by atoms with van der Waals surface area (Å²) in [5, 5.41) is 0. The highest BCUT2D eigenvalue weighted by molar-refractivity contribution is 5.60. The normalized spacial score (nSPS) is 31.9. The minimum atomic E-state index is -0.627. The van der Waals surface area contributed by atoms with Crippen LogP contribution in [0.1, 0.15) is 33.6 Å². The van der Waals surface area contributed by atoms with Crippen LogP contribution in [0.3, 0.4) is 0 Å². The third-order valence-electron chi connectivity index (χ3n) is 2.85. The van der Waals surface area contributed by atoms with Gasteiger partial charge in [-0.3, -0.25) is 0 Å². The van der Waals surface area contributed by atoms with Crippen molar-refractivity contribution in [2.24, 2.45) is 5.92 Å². The molecule has 17 heavy (non-hydrogen) atoms. The van der Waals surface area contributed by atoms with E-state index in [0.717, 1.165) is 6.42 Å². The van der Waals surface area contributed by atoms with Crippen LogP contribution in [0.4, 0.5) is 4.79 Å². The van der Waals surface area contributed by atoms with Gasteiger partial charge in [0.25, 0.3) is 0 Å². The molecule has 0 aromatic carbocycles. The molecule has 0 amide bonds. The molecule has 1 unspecified atom stereocenters. The molecule has 0 aromatic rings. The summed E-state index contributed by atoms with van der Waals surface area (Å²) in [5.74, 6) is 0.206. The van der Waals surface area contributed by atoms with Crippen LogP contribution < -0.4 is 0 Å². The van der Waals surface area contributed by atoms with E-state index < -0.39 is 11.8 Å². The summed E-state index contributed by atoms with van der Waals surface area (Å²) in [7, 11) is 0. The third kappa shape index (κ3) is 3.93. The van der Waals surface area contributed by atoms with Crippen LogP contribution in [-0.4, -0.2) is 24.5 Å². The molecule has 98 valence electrons. The van der Waals surface area contributed by atoms with Crippen molar-refractivity contribution in [3.63, 3.8) is 0 Å². The Morgan fingerprint density at radius 3 is 2.82 bits per heavy atom. The lowest BCUT2D eigenvalue weighted by Crippen LogP contribution is -2.26. The Bertz CT molecular complexity index is 278. The van der Waals surface area contributed by atoms with Crippen LogP contribution in [-0.2, 0) is 19.2 Å². The average molecular weight is 244 g/mol. The molecule has 0 heterocycles. The van der Waals surface area contributed by atoms with Gasteiger partial charge < -0.3 is 14.4 Å². The number of carbonyl (C=O) groups is 1. The number of hydrogen-bond donors (Lipinski definition) is 0. The summed E-state index contributed by atoms with van der Waals surface area (Å²) in [6, 6.07) is 0. The summed E-state index contributed by atoms with van der Waals surface area (Å²) < 4.78 is 9.97. The predicted octanol–water partition coefficient (Wildman–Crippen LogP) is 2.81. The highest BCUT2D eigenvalue weighted by atomic mass is 17.2. The Morgan fingerprint density at radius 2 is 2.24 bits per heavy atom. The van der Waals surface area contributed by atoms with E-state index >= 15 is 0 Å². The van der Waals surface area contributed by atoms with Gasteiger partial charge in [-0.2, -0.15) is 4.89 Å². The van der Waals surface area contributed by atoms with Gasteiger partial charge in [0.05, 0.1) is 6.61 Å². The lowest BCUT2D eigenvalue weighted by Gasteiger charge is -2.21. The summed E-state index contributed by atoms with van der Waals surface area (Å²) in [6.07, 6.45) is 1.74. The molecule has 1 aliphatic carbocycles. The van der Waals surface area contributed by atoms with Crippen LogP contribution in [0.5, 0.6) is 0 Å². The number of carbonyl (C=O) groups excluding carboxylic acids is 1. The van der Waals surface area contributed by atoms with E-state index in [4.69, 9.17) is 19.2 Å². The lowest BCUT2D eigenvalue weighted by molar-refractivity contribution is -0.320. The Morgan fingerprint density at radius 1 is 1.53 bits per heavy atom. The van der Waals surface area contributed by atoms with E-state index in [2.05, 4.69) is 6.58 Å². The second-order valence-electron chi connectivity index (χ2n) is 4.52. The highest BCUT2D eigenvalue weighted by Crippen LogP contribution is 2.39. The number of ether oxygens (including phenoxy) is 2. The first kappa shape index (κ1) is 13.8. The van der Waals surface area contributed by atoms with Gasteiger partial charge in [-0.25, -0.2) is 4.79 Å². The first-order valence-electron chi connectivity index (χ1n) is 5.79. The van der Waals surface area contributed by atoms with Crippen LogP contribution in [0.25, 0.3) is 0 Å². The molecule has 5 heteroatoms. The maximum atomic E-state index is 11.2. The minimum Gasteiger partial charge on any atom is -0.435 e. The first-order chi connectivity index (χ1) is 8.00. The van der Waals surface area contributed by atoms with E-state index in [9.17, 15) is 4.79 Å². The fourth-order valence-corrected chi connectivity index (χ4v) is 2.17. The summed E-state index contributed by atoms with van der Waals surface area (Å²) in [4.78, 5) is 21.2. The molecule has 1 fully saturated rings. The summed E-state index contributed by atoms with van der Waals surface area (Å²) in [5.41, 5.74) is -0.454. The Kier molecular flexibility index (Phi) is 4.81. The van der Waals surface area contributed by atoms with Gasteiger partial charge in [-0.05, 0) is 26.2 Å². The molecule has 5 nitrogen and oxygen atoms in total. The quantitative estimate of drug-likeness (QED) is 0.322. The first-order valence-corrected chi connectivity index (χ1v) is 5.79. The van der Waals surface area contributed by atoms with Gasteiger partial charge in [-0.15, -0.1) is 0 Å². The molecule has 1 aliphatic rings. The standard InChI is InChI=1S/C12H20O5/c1-5-14-11(13)16-10-8-12(4,7-9(10)3)17-15-6-2/h6,9-10H,2,5,7-8H2,1,3-4H3/t9-,10-,12?/m1/s1. The maximum Gasteiger partial charge on any atom is 0.508 e. The summed E-state index contributed by atoms with van der Waals surface area (Å²) >= 11 is 0. The zero-order valence-electron chi connectivity index (χ0n) is 10.6. The molecule has 1 rings (SSSR count). The molecule has 0 aliphatic heterocycles. The molecule has 3 atom stereocenters. The van der Waals surface area contributed by atoms with E-state index in [1.54, 1.807) is 6.92 Å². The van der Waals surface area contributed by atoms with Crippen molar-refractivity contribution in [1.82, 2.24) is 0 Å². The fraction of sp³-hybridized carbons (Fsp3) is 0.750. The van der Waals surface area contributed by atoms with E-state index in [-0.39, 0.29) is 12.0 Å². The Labute approximate surface area is 102 Å². The zero-order chi connectivity index (χ0) is 12.9. The van der Waals surface area contributed by atoms with Crippen molar-refractivity contribution < 1.29 is 24.0 Å². The van der Waals surface area contributed by atoms with Crippen molar-refractivity contribution >= 4 is 6.16 Å². The van der Waals surface area contributed by atoms with Crippen molar-refractivity contribution in [3.8, 4) is 0 Å². The summed E-state index contributed by atoms with van der Waals surface area (Å²) in [6.45, 7) is 9.39. The molecule has 0 aromatic heterocycles. The van der Waals surface area contributed by atoms with Crippen LogP contribution >= 0.6 is 0 Å². The maximum absolute atomic E-state index is 11.2. The van der Waals surface area contributed by atoms with Crippen LogP contribution in [0.2, 0.25) is 0 Å². The SMILES string of the molecule is C=COOC1(C)C[C@@H](C)[C@H](OC(=O)OCC)C1. The van der Waals surface area contributed by atoms with Gasteiger partial charge in [0.2, 0.25) is 0 Å². The van der Waals surface area contributed by atoms with Gasteiger partial charge in [0.1, 0.15) is 18.0 Å². The molecule has 0 radical (unpaired) electrons. The molecule has 0 spiro atoms. The molecule has 0 bridgehead atoms. The largest absolute Gasteiger partial charge is 0.508 e. The van der Waals surface area contributed by atoms with Gasteiger partial charge in [0, 0.05) is 6.42 Å². The van der Waals surface area contributed by atoms with Gasteiger partial charge in [0.15, 0.2) is 0 Å². The van der Waals surface area contributed by atoms with E-state index in [1.165, 1.54) is 6.26 Å². The molecular weight excluding hydrogens is 224 g/mol. The lowest BCUT2D eigenvalue weighted by atomic mass is 10.0. The Balaban J connectivity index is 2.48. The van der Waals surface area contributed by atoms with Crippen LogP contribution in [0.15, 0.2) is 12.8 Å². The fourth-order valence-electron chi connectivity index (χ4n) is 2.17. The van der Waals surface area contributed by atoms with E-state index in [1.807, 2.05) is 13.8 Å². The highest BCUT2D eigenvalue weighted by Gasteiger charge is 2.44. The molecule has 0 N–H and O–H groups in total. The average Bonchev–Trinajstić information content (AvgIpc) is 2.52. The molecule has 0 saturated heterocycles. The van der Waals surface area contributed by atoms with E-state index in [0.29, 0.717) is 13.0 Å². The van der Waals surface area contributed by atoms with Gasteiger partial charge in [-0.1, -0.05) is 13.5 Å². The van der Waals surface area contributed by atoms with Crippen molar-refractivity contribution in [3.05, 3.63) is 12.8 Å². The second-order valence-corrected chi connectivity index (χ2v) is 4.52.